The van der Waals surface area contributed by atoms with Crippen LogP contribution in [-0.2, 0) is 9.53 Å². The number of hydrogen-bond acceptors (Lipinski definition) is 9. The number of nitrogens with one attached hydrogen (secondary N) is 2. The molecule has 0 fully saturated rings. The highest BCUT2D eigenvalue weighted by molar-refractivity contribution is 7.22. The predicted molar refractivity (Wildman–Crippen MR) is 123 cm³/mol. The molecule has 33 heavy (non-hydrogen) atoms. The molecule has 0 aliphatic carbocycles. The molecule has 0 spiro atoms. The van der Waals surface area contributed by atoms with Crippen LogP contribution >= 0.6 is 11.3 Å². The SMILES string of the molecule is CCOC(=O)c1ccc2nc(NC(=O)CNC(=O)c3cc(OC)c(OC)c(OC)c3)sc2c1. The van der Waals surface area contributed by atoms with E-state index in [0.29, 0.717) is 33.5 Å². The molecule has 2 amide bonds. The van der Waals surface area contributed by atoms with Crippen molar-refractivity contribution in [2.24, 2.45) is 0 Å². The largest absolute Gasteiger partial charge is 0.493 e. The van der Waals surface area contributed by atoms with Crippen LogP contribution < -0.4 is 24.8 Å². The summed E-state index contributed by atoms with van der Waals surface area (Å²) in [5, 5.41) is 5.53. The second-order valence-electron chi connectivity index (χ2n) is 6.57. The van der Waals surface area contributed by atoms with Gasteiger partial charge < -0.3 is 29.6 Å². The maximum Gasteiger partial charge on any atom is 0.338 e. The summed E-state index contributed by atoms with van der Waals surface area (Å²) in [5.74, 6) is -0.372. The lowest BCUT2D eigenvalue weighted by Gasteiger charge is -2.14. The molecular weight excluding hydrogens is 450 g/mol. The second-order valence-corrected chi connectivity index (χ2v) is 7.60. The van der Waals surface area contributed by atoms with Crippen molar-refractivity contribution >= 4 is 44.5 Å². The number of carbonyl (C=O) groups excluding carboxylic acids is 3. The average molecular weight is 474 g/mol. The molecule has 0 saturated carbocycles. The first kappa shape index (κ1) is 23.8. The van der Waals surface area contributed by atoms with Crippen LogP contribution in [-0.4, -0.2) is 57.2 Å². The van der Waals surface area contributed by atoms with Gasteiger partial charge in [-0.2, -0.15) is 0 Å². The zero-order valence-corrected chi connectivity index (χ0v) is 19.3. The number of aromatic nitrogens is 1. The molecule has 0 radical (unpaired) electrons. The van der Waals surface area contributed by atoms with Gasteiger partial charge in [0.1, 0.15) is 0 Å². The predicted octanol–water partition coefficient (Wildman–Crippen LogP) is 2.87. The van der Waals surface area contributed by atoms with Gasteiger partial charge in [-0.3, -0.25) is 9.59 Å². The third kappa shape index (κ3) is 5.50. The van der Waals surface area contributed by atoms with Gasteiger partial charge in [0.15, 0.2) is 16.6 Å². The molecule has 11 heteroatoms. The van der Waals surface area contributed by atoms with Gasteiger partial charge in [-0.15, -0.1) is 0 Å². The summed E-state index contributed by atoms with van der Waals surface area (Å²) in [7, 11) is 4.35. The topological polar surface area (TPSA) is 125 Å². The van der Waals surface area contributed by atoms with E-state index < -0.39 is 17.8 Å². The number of hydrogen-bond donors (Lipinski definition) is 2. The summed E-state index contributed by atoms with van der Waals surface area (Å²) >= 11 is 1.21. The first-order valence-corrected chi connectivity index (χ1v) is 10.7. The zero-order chi connectivity index (χ0) is 24.0. The van der Waals surface area contributed by atoms with E-state index in [1.165, 1.54) is 44.8 Å². The van der Waals surface area contributed by atoms with Crippen molar-refractivity contribution in [3.05, 3.63) is 41.5 Å². The minimum atomic E-state index is -0.493. The molecule has 2 N–H and O–H groups in total. The van der Waals surface area contributed by atoms with Crippen molar-refractivity contribution in [1.82, 2.24) is 10.3 Å². The Kier molecular flexibility index (Phi) is 7.67. The number of benzene rings is 2. The van der Waals surface area contributed by atoms with Gasteiger partial charge in [-0.25, -0.2) is 9.78 Å². The molecule has 0 saturated heterocycles. The first-order chi connectivity index (χ1) is 15.9. The van der Waals surface area contributed by atoms with Gasteiger partial charge in [0.25, 0.3) is 5.91 Å². The van der Waals surface area contributed by atoms with Crippen LogP contribution in [0.1, 0.15) is 27.6 Å². The molecule has 1 heterocycles. The number of anilines is 1. The number of nitrogens with zero attached hydrogens (tertiary/aromatic N) is 1. The van der Waals surface area contributed by atoms with Gasteiger partial charge >= 0.3 is 5.97 Å². The van der Waals surface area contributed by atoms with E-state index in [9.17, 15) is 14.4 Å². The highest BCUT2D eigenvalue weighted by atomic mass is 32.1. The van der Waals surface area contributed by atoms with Crippen LogP contribution in [0, 0.1) is 0 Å². The summed E-state index contributed by atoms with van der Waals surface area (Å²) in [5.41, 5.74) is 1.28. The van der Waals surface area contributed by atoms with Crippen LogP contribution in [0.25, 0.3) is 10.2 Å². The number of amides is 2. The summed E-state index contributed by atoms with van der Waals surface area (Å²) < 4.78 is 21.4. The highest BCUT2D eigenvalue weighted by Crippen LogP contribution is 2.38. The summed E-state index contributed by atoms with van der Waals surface area (Å²) in [6.07, 6.45) is 0. The van der Waals surface area contributed by atoms with Gasteiger partial charge in [-0.05, 0) is 37.3 Å². The van der Waals surface area contributed by atoms with Crippen molar-refractivity contribution in [2.45, 2.75) is 6.92 Å². The van der Waals surface area contributed by atoms with Gasteiger partial charge in [0, 0.05) is 5.56 Å². The fourth-order valence-corrected chi connectivity index (χ4v) is 3.88. The van der Waals surface area contributed by atoms with Crippen LogP contribution in [0.15, 0.2) is 30.3 Å². The van der Waals surface area contributed by atoms with Crippen LogP contribution in [0.4, 0.5) is 5.13 Å². The lowest BCUT2D eigenvalue weighted by Crippen LogP contribution is -2.32. The third-order valence-electron chi connectivity index (χ3n) is 4.48. The van der Waals surface area contributed by atoms with Gasteiger partial charge in [0.05, 0.1) is 50.3 Å². The average Bonchev–Trinajstić information content (AvgIpc) is 3.22. The molecule has 0 aliphatic heterocycles. The van der Waals surface area contributed by atoms with Crippen molar-refractivity contribution < 1.29 is 33.3 Å². The van der Waals surface area contributed by atoms with E-state index in [4.69, 9.17) is 18.9 Å². The fraction of sp³-hybridized carbons (Fsp3) is 0.273. The third-order valence-corrected chi connectivity index (χ3v) is 5.42. The number of rotatable bonds is 9. The molecule has 174 valence electrons. The normalized spacial score (nSPS) is 10.4. The minimum Gasteiger partial charge on any atom is -0.493 e. The molecule has 1 aromatic heterocycles. The Labute approximate surface area is 193 Å². The molecule has 3 rings (SSSR count). The molecule has 0 atom stereocenters. The van der Waals surface area contributed by atoms with E-state index in [2.05, 4.69) is 15.6 Å². The minimum absolute atomic E-state index is 0.240. The zero-order valence-electron chi connectivity index (χ0n) is 18.5. The molecule has 0 aliphatic rings. The van der Waals surface area contributed by atoms with Gasteiger partial charge in [0.2, 0.25) is 11.7 Å². The second kappa shape index (κ2) is 10.6. The Morgan fingerprint density at radius 1 is 0.970 bits per heavy atom. The smallest absolute Gasteiger partial charge is 0.338 e. The standard InChI is InChI=1S/C22H23N3O7S/c1-5-32-21(28)12-6-7-14-17(10-12)33-22(24-14)25-18(26)11-23-20(27)13-8-15(29-2)19(31-4)16(9-13)30-3/h6-10H,5,11H2,1-4H3,(H,23,27)(H,24,25,26). The maximum absolute atomic E-state index is 12.5. The number of fused-ring (bicyclic) bond motifs is 1. The number of esters is 1. The van der Waals surface area contributed by atoms with Crippen molar-refractivity contribution in [3.8, 4) is 17.2 Å². The quantitative estimate of drug-likeness (QED) is 0.455. The monoisotopic (exact) mass is 473 g/mol. The lowest BCUT2D eigenvalue weighted by molar-refractivity contribution is -0.115. The van der Waals surface area contributed by atoms with E-state index in [1.54, 1.807) is 25.1 Å². The van der Waals surface area contributed by atoms with E-state index in [0.717, 1.165) is 4.70 Å². The van der Waals surface area contributed by atoms with Crippen molar-refractivity contribution in [3.63, 3.8) is 0 Å². The molecule has 10 nitrogen and oxygen atoms in total. The van der Waals surface area contributed by atoms with E-state index in [1.807, 2.05) is 0 Å². The Balaban J connectivity index is 1.65. The Morgan fingerprint density at radius 3 is 2.27 bits per heavy atom. The van der Waals surface area contributed by atoms with E-state index >= 15 is 0 Å². The number of thiazole rings is 1. The van der Waals surface area contributed by atoms with Gasteiger partial charge in [-0.1, -0.05) is 11.3 Å². The molecule has 3 aromatic rings. The summed E-state index contributed by atoms with van der Waals surface area (Å²) in [4.78, 5) is 41.1. The highest BCUT2D eigenvalue weighted by Gasteiger charge is 2.18. The summed E-state index contributed by atoms with van der Waals surface area (Å²) in [6, 6.07) is 7.93. The molecule has 0 unspecified atom stereocenters. The number of methoxy groups -OCH3 is 3. The fourth-order valence-electron chi connectivity index (χ4n) is 2.96. The number of carbonyl (C=O) groups is 3. The lowest BCUT2D eigenvalue weighted by atomic mass is 10.1. The maximum atomic E-state index is 12.5. The Bertz CT molecular complexity index is 1170. The summed E-state index contributed by atoms with van der Waals surface area (Å²) in [6.45, 7) is 1.74. The van der Waals surface area contributed by atoms with Crippen molar-refractivity contribution in [2.75, 3.05) is 39.8 Å². The van der Waals surface area contributed by atoms with E-state index in [-0.39, 0.29) is 18.7 Å². The Hall–Kier alpha value is -3.86. The van der Waals surface area contributed by atoms with Crippen molar-refractivity contribution in [1.29, 1.82) is 0 Å². The Morgan fingerprint density at radius 2 is 1.67 bits per heavy atom. The van der Waals surface area contributed by atoms with Crippen LogP contribution in [0.2, 0.25) is 0 Å². The first-order valence-electron chi connectivity index (χ1n) is 9.85. The molecule has 2 aromatic carbocycles. The number of ether oxygens (including phenoxy) is 4. The molecular formula is C22H23N3O7S. The van der Waals surface area contributed by atoms with Crippen LogP contribution in [0.5, 0.6) is 17.2 Å². The van der Waals surface area contributed by atoms with Crippen LogP contribution in [0.3, 0.4) is 0 Å². The molecule has 0 bridgehead atoms.